The van der Waals surface area contributed by atoms with Gasteiger partial charge in [0.25, 0.3) is 0 Å². The lowest BCUT2D eigenvalue weighted by Gasteiger charge is -2.09. The van der Waals surface area contributed by atoms with E-state index in [0.29, 0.717) is 17.6 Å². The fourth-order valence-corrected chi connectivity index (χ4v) is 3.63. The lowest BCUT2D eigenvalue weighted by molar-refractivity contribution is 0.298. The Labute approximate surface area is 181 Å². The SMILES string of the molecule is O=c1ccoc2cc(OCCCCCCCCOc3cccc4cccnc34)ccc12. The van der Waals surface area contributed by atoms with Gasteiger partial charge in [-0.15, -0.1) is 0 Å². The van der Waals surface area contributed by atoms with Crippen LogP contribution in [0.4, 0.5) is 0 Å². The van der Waals surface area contributed by atoms with E-state index in [4.69, 9.17) is 13.9 Å². The summed E-state index contributed by atoms with van der Waals surface area (Å²) in [6, 6.07) is 16.8. The van der Waals surface area contributed by atoms with Gasteiger partial charge in [0.15, 0.2) is 5.43 Å². The Morgan fingerprint density at radius 2 is 1.58 bits per heavy atom. The van der Waals surface area contributed by atoms with Crippen LogP contribution in [0.3, 0.4) is 0 Å². The van der Waals surface area contributed by atoms with Gasteiger partial charge < -0.3 is 13.9 Å². The summed E-state index contributed by atoms with van der Waals surface area (Å²) in [6.07, 6.45) is 9.94. The van der Waals surface area contributed by atoms with Crippen LogP contribution in [-0.2, 0) is 0 Å². The fourth-order valence-electron chi connectivity index (χ4n) is 3.63. The number of aromatic nitrogens is 1. The molecular weight excluding hydrogens is 390 g/mol. The lowest BCUT2D eigenvalue weighted by atomic mass is 10.1. The number of ether oxygens (including phenoxy) is 2. The number of hydrogen-bond donors (Lipinski definition) is 0. The van der Waals surface area contributed by atoms with Crippen molar-refractivity contribution in [1.82, 2.24) is 4.98 Å². The molecule has 0 aliphatic carbocycles. The summed E-state index contributed by atoms with van der Waals surface area (Å²) < 4.78 is 17.1. The smallest absolute Gasteiger partial charge is 0.192 e. The summed E-state index contributed by atoms with van der Waals surface area (Å²) in [4.78, 5) is 16.2. The summed E-state index contributed by atoms with van der Waals surface area (Å²) in [6.45, 7) is 1.39. The minimum Gasteiger partial charge on any atom is -0.493 e. The molecule has 0 N–H and O–H groups in total. The molecule has 5 nitrogen and oxygen atoms in total. The number of unbranched alkanes of at least 4 members (excludes halogenated alkanes) is 5. The van der Waals surface area contributed by atoms with Crippen molar-refractivity contribution in [3.63, 3.8) is 0 Å². The summed E-state index contributed by atoms with van der Waals surface area (Å²) in [7, 11) is 0. The average Bonchev–Trinajstić information content (AvgIpc) is 2.80. The van der Waals surface area contributed by atoms with Crippen molar-refractivity contribution >= 4 is 21.9 Å². The van der Waals surface area contributed by atoms with Gasteiger partial charge in [0.2, 0.25) is 0 Å². The number of hydrogen-bond acceptors (Lipinski definition) is 5. The Hall–Kier alpha value is -3.34. The van der Waals surface area contributed by atoms with Crippen molar-refractivity contribution in [3.05, 3.63) is 77.3 Å². The van der Waals surface area contributed by atoms with Crippen LogP contribution >= 0.6 is 0 Å². The lowest BCUT2D eigenvalue weighted by Crippen LogP contribution is -2.00. The third-order valence-corrected chi connectivity index (χ3v) is 5.29. The van der Waals surface area contributed by atoms with Gasteiger partial charge in [0.05, 0.1) is 24.9 Å². The van der Waals surface area contributed by atoms with Gasteiger partial charge in [-0.2, -0.15) is 0 Å². The van der Waals surface area contributed by atoms with Crippen molar-refractivity contribution in [2.24, 2.45) is 0 Å². The van der Waals surface area contributed by atoms with Gasteiger partial charge in [0, 0.05) is 23.7 Å². The highest BCUT2D eigenvalue weighted by Crippen LogP contribution is 2.23. The molecule has 2 aromatic carbocycles. The Kier molecular flexibility index (Phi) is 7.16. The van der Waals surface area contributed by atoms with Crippen LogP contribution in [0.1, 0.15) is 38.5 Å². The molecule has 160 valence electrons. The zero-order valence-electron chi connectivity index (χ0n) is 17.6. The second-order valence-electron chi connectivity index (χ2n) is 7.59. The van der Waals surface area contributed by atoms with Gasteiger partial charge in [-0.25, -0.2) is 0 Å². The molecule has 5 heteroatoms. The third kappa shape index (κ3) is 5.63. The summed E-state index contributed by atoms with van der Waals surface area (Å²) in [5, 5.41) is 1.69. The second kappa shape index (κ2) is 10.6. The zero-order chi connectivity index (χ0) is 21.3. The number of rotatable bonds is 11. The summed E-state index contributed by atoms with van der Waals surface area (Å²) in [5.41, 5.74) is 1.46. The average molecular weight is 418 g/mol. The maximum Gasteiger partial charge on any atom is 0.192 e. The van der Waals surface area contributed by atoms with E-state index in [-0.39, 0.29) is 5.43 Å². The third-order valence-electron chi connectivity index (χ3n) is 5.29. The normalized spacial score (nSPS) is 11.1. The van der Waals surface area contributed by atoms with E-state index >= 15 is 0 Å². The fraction of sp³-hybridized carbons (Fsp3) is 0.308. The largest absolute Gasteiger partial charge is 0.493 e. The topological polar surface area (TPSA) is 61.6 Å². The van der Waals surface area contributed by atoms with Crippen molar-refractivity contribution in [2.45, 2.75) is 38.5 Å². The first-order valence-electron chi connectivity index (χ1n) is 10.9. The van der Waals surface area contributed by atoms with Crippen molar-refractivity contribution in [1.29, 1.82) is 0 Å². The Morgan fingerprint density at radius 1 is 0.806 bits per heavy atom. The van der Waals surface area contributed by atoms with Crippen LogP contribution in [0.2, 0.25) is 0 Å². The van der Waals surface area contributed by atoms with Gasteiger partial charge in [-0.3, -0.25) is 9.78 Å². The molecule has 0 saturated heterocycles. The van der Waals surface area contributed by atoms with Gasteiger partial charge >= 0.3 is 0 Å². The van der Waals surface area contributed by atoms with Crippen LogP contribution in [0.25, 0.3) is 21.9 Å². The molecule has 0 aliphatic heterocycles. The second-order valence-corrected chi connectivity index (χ2v) is 7.59. The Morgan fingerprint density at radius 3 is 2.45 bits per heavy atom. The Bertz CT molecular complexity index is 1180. The van der Waals surface area contributed by atoms with Crippen LogP contribution in [0.15, 0.2) is 76.3 Å². The number of para-hydroxylation sites is 1. The molecule has 0 aliphatic rings. The first-order chi connectivity index (χ1) is 15.3. The van der Waals surface area contributed by atoms with E-state index in [0.717, 1.165) is 54.7 Å². The standard InChI is InChI=1S/C26H27NO4/c28-23-14-18-31-25-19-21(12-13-22(23)25)29-16-5-3-1-2-4-6-17-30-24-11-7-9-20-10-8-15-27-26(20)24/h7-15,18-19H,1-6,16-17H2. The number of fused-ring (bicyclic) bond motifs is 2. The summed E-state index contributed by atoms with van der Waals surface area (Å²) >= 11 is 0. The molecule has 4 rings (SSSR count). The highest BCUT2D eigenvalue weighted by Gasteiger charge is 2.03. The molecule has 0 fully saturated rings. The van der Waals surface area contributed by atoms with E-state index in [1.807, 2.05) is 24.3 Å². The molecule has 31 heavy (non-hydrogen) atoms. The first-order valence-corrected chi connectivity index (χ1v) is 10.9. The van der Waals surface area contributed by atoms with E-state index in [1.165, 1.54) is 25.2 Å². The van der Waals surface area contributed by atoms with Crippen LogP contribution < -0.4 is 14.9 Å². The van der Waals surface area contributed by atoms with Crippen molar-refractivity contribution < 1.29 is 13.9 Å². The zero-order valence-corrected chi connectivity index (χ0v) is 17.6. The van der Waals surface area contributed by atoms with E-state index < -0.39 is 0 Å². The van der Waals surface area contributed by atoms with Crippen molar-refractivity contribution in [3.8, 4) is 11.5 Å². The molecule has 0 saturated carbocycles. The van der Waals surface area contributed by atoms with Crippen LogP contribution in [-0.4, -0.2) is 18.2 Å². The van der Waals surface area contributed by atoms with E-state index in [2.05, 4.69) is 17.1 Å². The predicted molar refractivity (Wildman–Crippen MR) is 123 cm³/mol. The molecule has 0 amide bonds. The molecule has 0 atom stereocenters. The molecular formula is C26H27NO4. The number of pyridine rings is 1. The highest BCUT2D eigenvalue weighted by atomic mass is 16.5. The molecule has 0 unspecified atom stereocenters. The first kappa shape index (κ1) is 20.9. The predicted octanol–water partition coefficient (Wildman–Crippen LogP) is 6.14. The maximum absolute atomic E-state index is 11.7. The van der Waals surface area contributed by atoms with Gasteiger partial charge in [-0.05, 0) is 37.1 Å². The van der Waals surface area contributed by atoms with Gasteiger partial charge in [0.1, 0.15) is 22.6 Å². The van der Waals surface area contributed by atoms with Gasteiger partial charge in [-0.1, -0.05) is 43.9 Å². The number of nitrogens with zero attached hydrogens (tertiary/aromatic N) is 1. The molecule has 2 aromatic heterocycles. The molecule has 2 heterocycles. The molecule has 0 radical (unpaired) electrons. The summed E-state index contributed by atoms with van der Waals surface area (Å²) in [5.74, 6) is 1.60. The maximum atomic E-state index is 11.7. The monoisotopic (exact) mass is 417 g/mol. The molecule has 0 spiro atoms. The van der Waals surface area contributed by atoms with Crippen molar-refractivity contribution in [2.75, 3.05) is 13.2 Å². The quantitative estimate of drug-likeness (QED) is 0.274. The number of benzene rings is 2. The van der Waals surface area contributed by atoms with E-state index in [1.54, 1.807) is 18.3 Å². The minimum atomic E-state index is -0.0352. The molecule has 4 aromatic rings. The van der Waals surface area contributed by atoms with E-state index in [9.17, 15) is 4.79 Å². The highest BCUT2D eigenvalue weighted by molar-refractivity contribution is 5.84. The molecule has 0 bridgehead atoms. The van der Waals surface area contributed by atoms with Crippen LogP contribution in [0, 0.1) is 0 Å². The minimum absolute atomic E-state index is 0.0352. The van der Waals surface area contributed by atoms with Crippen LogP contribution in [0.5, 0.6) is 11.5 Å². The Balaban J connectivity index is 1.08.